The molecule has 0 bridgehead atoms. The van der Waals surface area contributed by atoms with Crippen molar-refractivity contribution in [1.29, 1.82) is 0 Å². The Labute approximate surface area is 64.2 Å². The molecule has 1 atom stereocenters. The molecule has 0 amide bonds. The molecular weight excluding hydrogens is 206 g/mol. The largest absolute Gasteiger partial charge is 2.00 e. The summed E-state index contributed by atoms with van der Waals surface area (Å²) in [6, 6.07) is 0. The Kier molecular flexibility index (Phi) is 17000. The van der Waals surface area contributed by atoms with Gasteiger partial charge >= 0.3 is 18.0 Å². The Morgan fingerprint density at radius 2 is 0.714 bits per heavy atom. The van der Waals surface area contributed by atoms with Crippen LogP contribution in [0.25, 0.3) is 0 Å². The third kappa shape index (κ3) is 191. The van der Waals surface area contributed by atoms with Crippen molar-refractivity contribution >= 4 is 18.0 Å². The first-order valence-corrected chi connectivity index (χ1v) is 0. The van der Waals surface area contributed by atoms with Crippen molar-refractivity contribution in [1.82, 2.24) is 0 Å². The van der Waals surface area contributed by atoms with Crippen LogP contribution < -0.4 is 0 Å². The van der Waals surface area contributed by atoms with Crippen molar-refractivity contribution in [3.05, 3.63) is 0 Å². The fourth-order valence-electron chi connectivity index (χ4n) is 0. The zero-order chi connectivity index (χ0) is 0. The average Bonchev–Trinajstić information content (AvgIpc) is 0. The molecule has 7 heteroatoms. The minimum Gasteiger partial charge on any atom is -2.00 e. The van der Waals surface area contributed by atoms with E-state index in [9.17, 15) is 0 Å². The van der Waals surface area contributed by atoms with Gasteiger partial charge in [-0.2, -0.15) is 0 Å². The Balaban J connectivity index is 0. The van der Waals surface area contributed by atoms with Gasteiger partial charge in [0.15, 0.2) is 0 Å². The van der Waals surface area contributed by atoms with Crippen LogP contribution in [0.3, 0.4) is 0 Å². The molecule has 1 radical (unpaired) electrons. The third-order valence-corrected chi connectivity index (χ3v) is 0. The second-order valence-electron chi connectivity index (χ2n) is 0. The molecule has 0 aliphatic rings. The maximum Gasteiger partial charge on any atom is 0 e. The summed E-state index contributed by atoms with van der Waals surface area (Å²) in [4.78, 5) is 0. The summed E-state index contributed by atoms with van der Waals surface area (Å²) in [5.74, 6) is 0. The van der Waals surface area contributed by atoms with E-state index in [4.69, 9.17) is 0 Å². The first-order chi connectivity index (χ1) is 0. The summed E-state index contributed by atoms with van der Waals surface area (Å²) in [5, 5.41) is 0. The summed E-state index contributed by atoms with van der Waals surface area (Å²) >= 11 is 0. The van der Waals surface area contributed by atoms with Crippen LogP contribution in [0.1, 0.15) is 0 Å². The van der Waals surface area contributed by atoms with E-state index in [0.29, 0.717) is 0 Å². The Hall–Kier alpha value is 0.943. The standard InChI is InChI=1S/AsH3.3H2O.2O.V/h1H3;3*1H2;;;/q;;;;2*-2;/p-1. The van der Waals surface area contributed by atoms with E-state index >= 15 is 0 Å². The fraction of sp³-hybridized carbons (Fsp3) is 0. The van der Waals surface area contributed by atoms with E-state index in [2.05, 4.69) is 0 Å². The SMILES string of the molecule is O.O.[AsH3].[O-2].[O-2].[OH-].[V]. The van der Waals surface area contributed by atoms with Crippen LogP contribution in [-0.2, 0) is 29.5 Å². The van der Waals surface area contributed by atoms with Crippen LogP contribution in [0.5, 0.6) is 0 Å². The summed E-state index contributed by atoms with van der Waals surface area (Å²) in [6.45, 7) is 0. The summed E-state index contributed by atoms with van der Waals surface area (Å²) in [7, 11) is 0. The van der Waals surface area contributed by atoms with Gasteiger partial charge in [-0.05, 0) is 0 Å². The molecule has 0 aromatic carbocycles. The number of hydrogen-bond acceptors (Lipinski definition) is 1. The zero-order valence-electron chi connectivity index (χ0n) is 3.42. The molecule has 0 aromatic rings. The first kappa shape index (κ1) is 431. The summed E-state index contributed by atoms with van der Waals surface area (Å²) in [6.07, 6.45) is 0. The van der Waals surface area contributed by atoms with Gasteiger partial charge in [0.2, 0.25) is 0 Å². The maximum atomic E-state index is 0. The minimum absolute atomic E-state index is 0. The van der Waals surface area contributed by atoms with E-state index in [-0.39, 0.29) is 63.9 Å². The molecule has 5 N–H and O–H groups in total. The topological polar surface area (TPSA) is 150 Å². The van der Waals surface area contributed by atoms with Gasteiger partial charge in [0, 0.05) is 18.6 Å². The number of rotatable bonds is 0. The Morgan fingerprint density at radius 1 is 0.714 bits per heavy atom. The summed E-state index contributed by atoms with van der Waals surface area (Å²) in [5.41, 5.74) is 0. The molecule has 7 heavy (non-hydrogen) atoms. The predicted molar refractivity (Wildman–Crippen MR) is 20.5 cm³/mol. The average molecular weight is 214 g/mol. The molecule has 0 aliphatic carbocycles. The monoisotopic (exact) mass is 214 g/mol. The van der Waals surface area contributed by atoms with Gasteiger partial charge in [-0.3, -0.25) is 0 Å². The number of hydrogen-bond donors (Lipinski definition) is 0. The summed E-state index contributed by atoms with van der Waals surface area (Å²) < 4.78 is 0. The van der Waals surface area contributed by atoms with Crippen LogP contribution in [0.15, 0.2) is 0 Å². The molecule has 0 rings (SSSR count). The molecule has 0 saturated carbocycles. The van der Waals surface area contributed by atoms with E-state index in [1.54, 1.807) is 0 Å². The van der Waals surface area contributed by atoms with Crippen molar-refractivity contribution in [2.75, 3.05) is 0 Å². The van der Waals surface area contributed by atoms with E-state index < -0.39 is 0 Å². The van der Waals surface area contributed by atoms with Crippen molar-refractivity contribution in [2.24, 2.45) is 0 Å². The van der Waals surface area contributed by atoms with Crippen molar-refractivity contribution in [3.63, 3.8) is 0 Å². The Morgan fingerprint density at radius 3 is 0.714 bits per heavy atom. The molecule has 0 aliphatic heterocycles. The van der Waals surface area contributed by atoms with Gasteiger partial charge in [-0.1, -0.05) is 0 Å². The minimum atomic E-state index is 0. The molecule has 0 heterocycles. The molecular formula is H8AsO5V-5. The Bertz CT molecular complexity index is 8.04. The van der Waals surface area contributed by atoms with Crippen LogP contribution in [-0.4, -0.2) is 34.4 Å². The van der Waals surface area contributed by atoms with Crippen molar-refractivity contribution < 1.29 is 45.9 Å². The normalized spacial score (nSPS) is 0. The quantitative estimate of drug-likeness (QED) is 0.382. The molecule has 0 spiro atoms. The fourth-order valence-corrected chi connectivity index (χ4v) is 0. The van der Waals surface area contributed by atoms with Gasteiger partial charge in [0.1, 0.15) is 0 Å². The van der Waals surface area contributed by atoms with Gasteiger partial charge in [-0.25, -0.2) is 0 Å². The zero-order valence-corrected chi connectivity index (χ0v) is 7.78. The smallest absolute Gasteiger partial charge is 0 e. The van der Waals surface area contributed by atoms with Gasteiger partial charge in [0.25, 0.3) is 0 Å². The maximum absolute atomic E-state index is 0. The van der Waals surface area contributed by atoms with Gasteiger partial charge in [0.05, 0.1) is 0 Å². The molecule has 0 fully saturated rings. The van der Waals surface area contributed by atoms with Gasteiger partial charge < -0.3 is 27.4 Å². The van der Waals surface area contributed by atoms with Crippen LogP contribution in [0, 0.1) is 0 Å². The second-order valence-corrected chi connectivity index (χ2v) is 0. The van der Waals surface area contributed by atoms with Gasteiger partial charge in [-0.15, -0.1) is 0 Å². The first-order valence-electron chi connectivity index (χ1n) is 0. The molecule has 1 unspecified atom stereocenters. The second kappa shape index (κ2) is 276. The van der Waals surface area contributed by atoms with Crippen LogP contribution in [0.2, 0.25) is 0 Å². The van der Waals surface area contributed by atoms with E-state index in [0.717, 1.165) is 0 Å². The molecule has 0 aromatic heterocycles. The van der Waals surface area contributed by atoms with Crippen molar-refractivity contribution in [3.8, 4) is 0 Å². The third-order valence-electron chi connectivity index (χ3n) is 0. The predicted octanol–water partition coefficient (Wildman–Crippen LogP) is -3.25. The van der Waals surface area contributed by atoms with Crippen LogP contribution in [0.4, 0.5) is 0 Å². The van der Waals surface area contributed by atoms with Crippen LogP contribution >= 0.6 is 0 Å². The van der Waals surface area contributed by atoms with E-state index in [1.807, 2.05) is 0 Å². The molecule has 0 saturated heterocycles. The van der Waals surface area contributed by atoms with E-state index in [1.165, 1.54) is 0 Å². The van der Waals surface area contributed by atoms with Crippen molar-refractivity contribution in [2.45, 2.75) is 0 Å². The molecule has 5 nitrogen and oxygen atoms in total. The molecule has 53 valence electrons.